The highest BCUT2D eigenvalue weighted by atomic mass is 15.2. The number of benzene rings is 1. The first-order valence-corrected chi connectivity index (χ1v) is 7.33. The number of anilines is 1. The zero-order chi connectivity index (χ0) is 13.8. The number of nitrogens with zero attached hydrogens (tertiary/aromatic N) is 2. The van der Waals surface area contributed by atoms with Gasteiger partial charge in [0.05, 0.1) is 17.9 Å². The molecule has 0 aliphatic carbocycles. The van der Waals surface area contributed by atoms with Gasteiger partial charge in [-0.3, -0.25) is 4.98 Å². The summed E-state index contributed by atoms with van der Waals surface area (Å²) in [5, 5.41) is 3.66. The van der Waals surface area contributed by atoms with Crippen molar-refractivity contribution in [1.29, 1.82) is 0 Å². The molecular formula is C17H21N3. The van der Waals surface area contributed by atoms with Crippen molar-refractivity contribution < 1.29 is 0 Å². The second kappa shape index (κ2) is 6.06. The third-order valence-electron chi connectivity index (χ3n) is 4.05. The van der Waals surface area contributed by atoms with Crippen LogP contribution in [0.15, 0.2) is 54.9 Å². The van der Waals surface area contributed by atoms with Gasteiger partial charge in [0.2, 0.25) is 0 Å². The van der Waals surface area contributed by atoms with Gasteiger partial charge in [-0.15, -0.1) is 0 Å². The highest BCUT2D eigenvalue weighted by molar-refractivity contribution is 5.48. The van der Waals surface area contributed by atoms with Gasteiger partial charge in [0.1, 0.15) is 0 Å². The predicted molar refractivity (Wildman–Crippen MR) is 82.8 cm³/mol. The van der Waals surface area contributed by atoms with E-state index in [4.69, 9.17) is 0 Å². The third kappa shape index (κ3) is 2.68. The molecule has 1 aliphatic rings. The summed E-state index contributed by atoms with van der Waals surface area (Å²) >= 11 is 0. The van der Waals surface area contributed by atoms with Gasteiger partial charge in [0.15, 0.2) is 0 Å². The highest BCUT2D eigenvalue weighted by Gasteiger charge is 2.28. The summed E-state index contributed by atoms with van der Waals surface area (Å²) < 4.78 is 0. The first kappa shape index (κ1) is 13.1. The minimum absolute atomic E-state index is 0.378. The molecule has 3 rings (SSSR count). The van der Waals surface area contributed by atoms with E-state index in [0.717, 1.165) is 19.5 Å². The number of pyridine rings is 1. The van der Waals surface area contributed by atoms with Crippen molar-refractivity contribution >= 4 is 5.69 Å². The maximum atomic E-state index is 4.28. The van der Waals surface area contributed by atoms with E-state index in [1.807, 2.05) is 18.5 Å². The molecule has 1 aliphatic heterocycles. The van der Waals surface area contributed by atoms with E-state index in [9.17, 15) is 0 Å². The Kier molecular flexibility index (Phi) is 3.97. The van der Waals surface area contributed by atoms with Gasteiger partial charge in [0.25, 0.3) is 0 Å². The first-order chi connectivity index (χ1) is 9.88. The molecule has 2 atom stereocenters. The average Bonchev–Trinajstić information content (AvgIpc) is 2.56. The van der Waals surface area contributed by atoms with Crippen molar-refractivity contribution in [1.82, 2.24) is 10.3 Å². The number of nitrogens with one attached hydrogen (secondary N) is 1. The molecule has 3 heteroatoms. The fraction of sp³-hybridized carbons (Fsp3) is 0.353. The molecule has 0 amide bonds. The summed E-state index contributed by atoms with van der Waals surface area (Å²) in [6, 6.07) is 15.8. The molecule has 0 bridgehead atoms. The first-order valence-electron chi connectivity index (χ1n) is 7.33. The van der Waals surface area contributed by atoms with Crippen molar-refractivity contribution in [2.24, 2.45) is 0 Å². The van der Waals surface area contributed by atoms with E-state index in [1.54, 1.807) is 0 Å². The van der Waals surface area contributed by atoms with Gasteiger partial charge in [-0.2, -0.15) is 0 Å². The predicted octanol–water partition coefficient (Wildman–Crippen LogP) is 3.01. The van der Waals surface area contributed by atoms with Crippen LogP contribution in [0.5, 0.6) is 0 Å². The van der Waals surface area contributed by atoms with Crippen molar-refractivity contribution in [2.75, 3.05) is 18.0 Å². The monoisotopic (exact) mass is 267 g/mol. The molecule has 2 unspecified atom stereocenters. The summed E-state index contributed by atoms with van der Waals surface area (Å²) in [4.78, 5) is 6.76. The van der Waals surface area contributed by atoms with Crippen LogP contribution < -0.4 is 10.2 Å². The van der Waals surface area contributed by atoms with Gasteiger partial charge in [-0.25, -0.2) is 0 Å². The van der Waals surface area contributed by atoms with Crippen molar-refractivity contribution in [3.63, 3.8) is 0 Å². The molecule has 0 spiro atoms. The summed E-state index contributed by atoms with van der Waals surface area (Å²) in [6.07, 6.45) is 4.95. The maximum Gasteiger partial charge on any atom is 0.0668 e. The lowest BCUT2D eigenvalue weighted by Gasteiger charge is -2.42. The number of hydrogen-bond donors (Lipinski definition) is 1. The highest BCUT2D eigenvalue weighted by Crippen LogP contribution is 2.29. The molecule has 1 aromatic heterocycles. The number of hydrogen-bond acceptors (Lipinski definition) is 3. The molecule has 1 aromatic carbocycles. The maximum absolute atomic E-state index is 4.28. The Morgan fingerprint density at radius 2 is 2.05 bits per heavy atom. The Morgan fingerprint density at radius 3 is 2.75 bits per heavy atom. The van der Waals surface area contributed by atoms with Gasteiger partial charge in [-0.1, -0.05) is 37.3 Å². The Labute approximate surface area is 120 Å². The van der Waals surface area contributed by atoms with Crippen molar-refractivity contribution in [3.05, 3.63) is 60.4 Å². The molecule has 0 saturated carbocycles. The van der Waals surface area contributed by atoms with Crippen LogP contribution in [0.3, 0.4) is 0 Å². The van der Waals surface area contributed by atoms with Crippen LogP contribution in [-0.2, 0) is 0 Å². The molecule has 2 aromatic rings. The second-order valence-corrected chi connectivity index (χ2v) is 5.30. The minimum atomic E-state index is 0.378. The molecule has 1 N–H and O–H groups in total. The van der Waals surface area contributed by atoms with E-state index in [1.165, 1.54) is 11.3 Å². The van der Waals surface area contributed by atoms with Gasteiger partial charge < -0.3 is 10.2 Å². The molecular weight excluding hydrogens is 246 g/mol. The molecule has 2 heterocycles. The number of aromatic nitrogens is 1. The van der Waals surface area contributed by atoms with Gasteiger partial charge >= 0.3 is 0 Å². The van der Waals surface area contributed by atoms with E-state index in [0.29, 0.717) is 12.1 Å². The third-order valence-corrected chi connectivity index (χ3v) is 4.05. The SMILES string of the molecule is CCC1CN(c2cccnc2)C(c2ccccc2)CN1. The van der Waals surface area contributed by atoms with Crippen LogP contribution in [0.1, 0.15) is 24.9 Å². The van der Waals surface area contributed by atoms with Crippen LogP contribution in [0.2, 0.25) is 0 Å². The van der Waals surface area contributed by atoms with Gasteiger partial charge in [0, 0.05) is 25.3 Å². The fourth-order valence-electron chi connectivity index (χ4n) is 2.87. The standard InChI is InChI=1S/C17H21N3/c1-2-15-13-20(16-9-6-10-18-11-16)17(12-19-15)14-7-4-3-5-8-14/h3-11,15,17,19H,2,12-13H2,1H3. The van der Waals surface area contributed by atoms with Crippen molar-refractivity contribution in [3.8, 4) is 0 Å². The van der Waals surface area contributed by atoms with E-state index >= 15 is 0 Å². The van der Waals surface area contributed by atoms with Crippen LogP contribution >= 0.6 is 0 Å². The molecule has 3 nitrogen and oxygen atoms in total. The average molecular weight is 267 g/mol. The zero-order valence-electron chi connectivity index (χ0n) is 11.9. The quantitative estimate of drug-likeness (QED) is 0.926. The van der Waals surface area contributed by atoms with Crippen LogP contribution in [0, 0.1) is 0 Å². The lowest BCUT2D eigenvalue weighted by atomic mass is 9.99. The summed E-state index contributed by atoms with van der Waals surface area (Å²) in [7, 11) is 0. The Hall–Kier alpha value is -1.87. The lowest BCUT2D eigenvalue weighted by Crippen LogP contribution is -2.52. The molecule has 1 fully saturated rings. The number of rotatable bonds is 3. The molecule has 20 heavy (non-hydrogen) atoms. The second-order valence-electron chi connectivity index (χ2n) is 5.30. The van der Waals surface area contributed by atoms with Crippen LogP contribution in [0.4, 0.5) is 5.69 Å². The smallest absolute Gasteiger partial charge is 0.0668 e. The largest absolute Gasteiger partial charge is 0.360 e. The van der Waals surface area contributed by atoms with Gasteiger partial charge in [-0.05, 0) is 24.1 Å². The fourth-order valence-corrected chi connectivity index (χ4v) is 2.87. The summed E-state index contributed by atoms with van der Waals surface area (Å²) in [5.41, 5.74) is 2.57. The van der Waals surface area contributed by atoms with E-state index < -0.39 is 0 Å². The number of piperazine rings is 1. The van der Waals surface area contributed by atoms with Crippen LogP contribution in [0.25, 0.3) is 0 Å². The molecule has 104 valence electrons. The Bertz CT molecular complexity index is 526. The molecule has 1 saturated heterocycles. The van der Waals surface area contributed by atoms with Crippen molar-refractivity contribution in [2.45, 2.75) is 25.4 Å². The molecule has 0 radical (unpaired) electrons. The Balaban J connectivity index is 1.91. The normalized spacial score (nSPS) is 22.8. The lowest BCUT2D eigenvalue weighted by molar-refractivity contribution is 0.390. The van der Waals surface area contributed by atoms with Crippen LogP contribution in [-0.4, -0.2) is 24.1 Å². The van der Waals surface area contributed by atoms with E-state index in [2.05, 4.69) is 58.5 Å². The minimum Gasteiger partial charge on any atom is -0.360 e. The zero-order valence-corrected chi connectivity index (χ0v) is 11.9. The summed E-state index contributed by atoms with van der Waals surface area (Å²) in [5.74, 6) is 0. The Morgan fingerprint density at radius 1 is 1.20 bits per heavy atom. The topological polar surface area (TPSA) is 28.2 Å². The van der Waals surface area contributed by atoms with E-state index in [-0.39, 0.29) is 0 Å². The summed E-state index contributed by atoms with van der Waals surface area (Å²) in [6.45, 7) is 4.25.